The van der Waals surface area contributed by atoms with E-state index in [9.17, 15) is 4.79 Å². The Balaban J connectivity index is 2.50. The summed E-state index contributed by atoms with van der Waals surface area (Å²) in [5, 5.41) is 0. The highest BCUT2D eigenvalue weighted by molar-refractivity contribution is 8.00. The highest BCUT2D eigenvalue weighted by Crippen LogP contribution is 2.18. The van der Waals surface area contributed by atoms with Gasteiger partial charge in [0, 0.05) is 23.9 Å². The van der Waals surface area contributed by atoms with Crippen molar-refractivity contribution in [2.75, 3.05) is 12.3 Å². The van der Waals surface area contributed by atoms with Gasteiger partial charge in [0.2, 0.25) is 5.91 Å². The largest absolute Gasteiger partial charge is 0.393 e. The SMILES string of the molecule is CC(C)N(CCC(N)=S)C(=O)CSc1ccccc1. The van der Waals surface area contributed by atoms with Crippen molar-refractivity contribution >= 4 is 34.9 Å². The molecule has 0 heterocycles. The summed E-state index contributed by atoms with van der Waals surface area (Å²) < 4.78 is 0. The summed E-state index contributed by atoms with van der Waals surface area (Å²) >= 11 is 6.42. The molecule has 0 aliphatic carbocycles. The number of nitrogens with zero attached hydrogens (tertiary/aromatic N) is 1. The second-order valence-corrected chi connectivity index (χ2v) is 6.07. The maximum Gasteiger partial charge on any atom is 0.233 e. The maximum atomic E-state index is 12.2. The Bertz CT molecular complexity index is 421. The minimum Gasteiger partial charge on any atom is -0.393 e. The Morgan fingerprint density at radius 1 is 1.37 bits per heavy atom. The van der Waals surface area contributed by atoms with E-state index in [1.165, 1.54) is 0 Å². The molecule has 0 aliphatic rings. The number of benzene rings is 1. The second kappa shape index (κ2) is 8.17. The summed E-state index contributed by atoms with van der Waals surface area (Å²) in [7, 11) is 0. The van der Waals surface area contributed by atoms with Crippen LogP contribution in [0.15, 0.2) is 35.2 Å². The molecule has 2 N–H and O–H groups in total. The molecule has 104 valence electrons. The van der Waals surface area contributed by atoms with Gasteiger partial charge in [0.15, 0.2) is 0 Å². The minimum absolute atomic E-state index is 0.125. The van der Waals surface area contributed by atoms with Crippen LogP contribution in [0.2, 0.25) is 0 Å². The molecule has 1 aromatic carbocycles. The highest BCUT2D eigenvalue weighted by atomic mass is 32.2. The number of rotatable bonds is 7. The first-order valence-electron chi connectivity index (χ1n) is 6.26. The van der Waals surface area contributed by atoms with Crippen LogP contribution in [0.4, 0.5) is 0 Å². The number of carbonyl (C=O) groups is 1. The normalized spacial score (nSPS) is 10.5. The van der Waals surface area contributed by atoms with E-state index in [1.54, 1.807) is 11.8 Å². The molecule has 3 nitrogen and oxygen atoms in total. The average molecular weight is 296 g/mol. The van der Waals surface area contributed by atoms with Crippen LogP contribution in [0.5, 0.6) is 0 Å². The van der Waals surface area contributed by atoms with Crippen molar-refractivity contribution < 1.29 is 4.79 Å². The summed E-state index contributed by atoms with van der Waals surface area (Å²) in [6, 6.07) is 10.1. The second-order valence-electron chi connectivity index (χ2n) is 4.50. The summed E-state index contributed by atoms with van der Waals surface area (Å²) in [6.45, 7) is 4.61. The van der Waals surface area contributed by atoms with E-state index >= 15 is 0 Å². The van der Waals surface area contributed by atoms with E-state index in [-0.39, 0.29) is 11.9 Å². The first kappa shape index (κ1) is 16.0. The number of thioether (sulfide) groups is 1. The van der Waals surface area contributed by atoms with Gasteiger partial charge in [0.25, 0.3) is 0 Å². The first-order chi connectivity index (χ1) is 9.00. The van der Waals surface area contributed by atoms with Crippen LogP contribution in [-0.2, 0) is 4.79 Å². The van der Waals surface area contributed by atoms with Crippen LogP contribution in [0.1, 0.15) is 20.3 Å². The number of hydrogen-bond donors (Lipinski definition) is 1. The van der Waals surface area contributed by atoms with Crippen molar-refractivity contribution in [2.24, 2.45) is 5.73 Å². The molecule has 0 radical (unpaired) electrons. The first-order valence-corrected chi connectivity index (χ1v) is 7.65. The molecule has 1 amide bonds. The summed E-state index contributed by atoms with van der Waals surface area (Å²) in [5.41, 5.74) is 5.49. The van der Waals surface area contributed by atoms with Gasteiger partial charge < -0.3 is 10.6 Å². The van der Waals surface area contributed by atoms with Crippen LogP contribution in [-0.4, -0.2) is 34.1 Å². The van der Waals surface area contributed by atoms with E-state index in [1.807, 2.05) is 49.1 Å². The molecular formula is C14H20N2OS2. The van der Waals surface area contributed by atoms with E-state index in [4.69, 9.17) is 18.0 Å². The molecule has 5 heteroatoms. The summed E-state index contributed by atoms with van der Waals surface area (Å²) in [6.07, 6.45) is 0.579. The van der Waals surface area contributed by atoms with Gasteiger partial charge in [-0.05, 0) is 26.0 Å². The number of thiocarbonyl (C=S) groups is 1. The molecule has 0 saturated heterocycles. The lowest BCUT2D eigenvalue weighted by Gasteiger charge is -2.26. The zero-order chi connectivity index (χ0) is 14.3. The lowest BCUT2D eigenvalue weighted by atomic mass is 10.3. The highest BCUT2D eigenvalue weighted by Gasteiger charge is 2.16. The molecule has 0 atom stereocenters. The van der Waals surface area contributed by atoms with E-state index in [0.29, 0.717) is 23.7 Å². The third-order valence-corrected chi connectivity index (χ3v) is 3.85. The molecule has 0 aliphatic heterocycles. The van der Waals surface area contributed by atoms with Crippen LogP contribution in [0.3, 0.4) is 0 Å². The lowest BCUT2D eigenvalue weighted by Crippen LogP contribution is -2.40. The van der Waals surface area contributed by atoms with Gasteiger partial charge in [-0.15, -0.1) is 11.8 Å². The Labute approximate surface area is 124 Å². The topological polar surface area (TPSA) is 46.3 Å². The van der Waals surface area contributed by atoms with Gasteiger partial charge in [-0.2, -0.15) is 0 Å². The Hall–Kier alpha value is -1.07. The molecule has 0 aromatic heterocycles. The number of nitrogens with two attached hydrogens (primary N) is 1. The van der Waals surface area contributed by atoms with Crippen LogP contribution in [0.25, 0.3) is 0 Å². The van der Waals surface area contributed by atoms with Crippen molar-refractivity contribution in [2.45, 2.75) is 31.2 Å². The zero-order valence-electron chi connectivity index (χ0n) is 11.3. The minimum atomic E-state index is 0.125. The fraction of sp³-hybridized carbons (Fsp3) is 0.429. The number of hydrogen-bond acceptors (Lipinski definition) is 3. The average Bonchev–Trinajstić information content (AvgIpc) is 2.37. The summed E-state index contributed by atoms with van der Waals surface area (Å²) in [5.74, 6) is 0.569. The molecule has 19 heavy (non-hydrogen) atoms. The number of amides is 1. The Kier molecular flexibility index (Phi) is 6.87. The van der Waals surface area contributed by atoms with Crippen molar-refractivity contribution in [3.05, 3.63) is 30.3 Å². The summed E-state index contributed by atoms with van der Waals surface area (Å²) in [4.78, 5) is 15.6. The monoisotopic (exact) mass is 296 g/mol. The quantitative estimate of drug-likeness (QED) is 0.621. The van der Waals surface area contributed by atoms with Gasteiger partial charge >= 0.3 is 0 Å². The van der Waals surface area contributed by atoms with Crippen LogP contribution in [0, 0.1) is 0 Å². The van der Waals surface area contributed by atoms with Crippen LogP contribution >= 0.6 is 24.0 Å². The van der Waals surface area contributed by atoms with Gasteiger partial charge in [0.1, 0.15) is 0 Å². The van der Waals surface area contributed by atoms with Crippen molar-refractivity contribution in [3.63, 3.8) is 0 Å². The fourth-order valence-corrected chi connectivity index (χ4v) is 2.54. The maximum absolute atomic E-state index is 12.2. The van der Waals surface area contributed by atoms with E-state index < -0.39 is 0 Å². The smallest absolute Gasteiger partial charge is 0.233 e. The van der Waals surface area contributed by atoms with Gasteiger partial charge in [0.05, 0.1) is 10.7 Å². The molecule has 0 fully saturated rings. The molecule has 1 aromatic rings. The molecule has 0 spiro atoms. The number of carbonyl (C=O) groups excluding carboxylic acids is 1. The van der Waals surface area contributed by atoms with Crippen molar-refractivity contribution in [1.29, 1.82) is 0 Å². The van der Waals surface area contributed by atoms with E-state index in [0.717, 1.165) is 4.90 Å². The molecule has 1 rings (SSSR count). The lowest BCUT2D eigenvalue weighted by molar-refractivity contribution is -0.129. The van der Waals surface area contributed by atoms with Gasteiger partial charge in [-0.1, -0.05) is 30.4 Å². The Morgan fingerprint density at radius 3 is 2.53 bits per heavy atom. The van der Waals surface area contributed by atoms with Crippen LogP contribution < -0.4 is 5.73 Å². The zero-order valence-corrected chi connectivity index (χ0v) is 13.0. The van der Waals surface area contributed by atoms with E-state index in [2.05, 4.69) is 0 Å². The van der Waals surface area contributed by atoms with Crippen molar-refractivity contribution in [3.8, 4) is 0 Å². The third-order valence-electron chi connectivity index (χ3n) is 2.65. The van der Waals surface area contributed by atoms with Gasteiger partial charge in [-0.3, -0.25) is 4.79 Å². The third kappa shape index (κ3) is 6.07. The molecule has 0 saturated carbocycles. The predicted octanol–water partition coefficient (Wildman–Crippen LogP) is 2.69. The molecule has 0 unspecified atom stereocenters. The standard InChI is InChI=1S/C14H20N2OS2/c1-11(2)16(9-8-13(15)18)14(17)10-19-12-6-4-3-5-7-12/h3-7,11H,8-10H2,1-2H3,(H2,15,18). The van der Waals surface area contributed by atoms with Crippen molar-refractivity contribution in [1.82, 2.24) is 4.90 Å². The van der Waals surface area contributed by atoms with Gasteiger partial charge in [-0.25, -0.2) is 0 Å². The fourth-order valence-electron chi connectivity index (χ4n) is 1.65. The molecule has 0 bridgehead atoms. The predicted molar refractivity (Wildman–Crippen MR) is 85.4 cm³/mol. The Morgan fingerprint density at radius 2 is 2.00 bits per heavy atom. The molecular weight excluding hydrogens is 276 g/mol.